The summed E-state index contributed by atoms with van der Waals surface area (Å²) < 4.78 is 5.22. The Labute approximate surface area is 165 Å². The number of nitro benzene ring substituents is 1. The summed E-state index contributed by atoms with van der Waals surface area (Å²) in [7, 11) is 0. The molecule has 29 heavy (non-hydrogen) atoms. The van der Waals surface area contributed by atoms with Crippen LogP contribution in [0.4, 0.5) is 17.1 Å². The van der Waals surface area contributed by atoms with Crippen LogP contribution >= 0.6 is 0 Å². The van der Waals surface area contributed by atoms with Crippen LogP contribution in [0.2, 0.25) is 0 Å². The molecular formula is C21H17N3O5. The Balaban J connectivity index is 1.58. The van der Waals surface area contributed by atoms with Crippen LogP contribution in [0.25, 0.3) is 0 Å². The first-order valence-electron chi connectivity index (χ1n) is 9.07. The smallest absolute Gasteiger partial charge is 0.293 e. The average Bonchev–Trinajstić information content (AvgIpc) is 3.27. The van der Waals surface area contributed by atoms with Gasteiger partial charge in [0.25, 0.3) is 17.5 Å². The summed E-state index contributed by atoms with van der Waals surface area (Å²) in [4.78, 5) is 37.4. The number of hydrogen-bond acceptors (Lipinski definition) is 5. The van der Waals surface area contributed by atoms with E-state index in [-0.39, 0.29) is 22.9 Å². The van der Waals surface area contributed by atoms with Gasteiger partial charge in [-0.3, -0.25) is 19.7 Å². The van der Waals surface area contributed by atoms with E-state index in [4.69, 9.17) is 4.42 Å². The third-order valence-corrected chi connectivity index (χ3v) is 4.78. The van der Waals surface area contributed by atoms with Gasteiger partial charge in [-0.25, -0.2) is 0 Å². The van der Waals surface area contributed by atoms with E-state index in [0.29, 0.717) is 12.2 Å². The second-order valence-corrected chi connectivity index (χ2v) is 6.61. The molecule has 3 aromatic rings. The fourth-order valence-electron chi connectivity index (χ4n) is 3.44. The van der Waals surface area contributed by atoms with Crippen molar-refractivity contribution >= 4 is 28.9 Å². The molecule has 1 aliphatic heterocycles. The van der Waals surface area contributed by atoms with E-state index in [0.717, 1.165) is 24.1 Å². The number of carbonyl (C=O) groups is 2. The third-order valence-electron chi connectivity index (χ3n) is 4.78. The highest BCUT2D eigenvalue weighted by Crippen LogP contribution is 2.31. The van der Waals surface area contributed by atoms with Gasteiger partial charge in [0.2, 0.25) is 0 Å². The van der Waals surface area contributed by atoms with Crippen LogP contribution in [0.15, 0.2) is 65.3 Å². The molecule has 0 saturated carbocycles. The Kier molecular flexibility index (Phi) is 4.82. The van der Waals surface area contributed by atoms with E-state index in [1.807, 2.05) is 0 Å². The average molecular weight is 391 g/mol. The number of nitro groups is 1. The third kappa shape index (κ3) is 3.60. The zero-order valence-electron chi connectivity index (χ0n) is 15.3. The molecule has 0 unspecified atom stereocenters. The number of carbonyl (C=O) groups excluding carboxylic acids is 2. The number of hydrogen-bond donors (Lipinski definition) is 1. The van der Waals surface area contributed by atoms with Gasteiger partial charge in [-0.1, -0.05) is 12.1 Å². The lowest BCUT2D eigenvalue weighted by molar-refractivity contribution is -0.385. The normalized spacial score (nSPS) is 12.9. The SMILES string of the molecule is O=C(Nc1ccc2c(c1)CCCN2C(=O)c1ccco1)c1ccccc1[N+](=O)[O-]. The second-order valence-electron chi connectivity index (χ2n) is 6.61. The maximum Gasteiger partial charge on any atom is 0.293 e. The molecule has 4 rings (SSSR count). The molecule has 2 heterocycles. The number of nitrogens with zero attached hydrogens (tertiary/aromatic N) is 2. The molecule has 2 aromatic carbocycles. The summed E-state index contributed by atoms with van der Waals surface area (Å²) in [5, 5.41) is 13.9. The predicted molar refractivity (Wildman–Crippen MR) is 106 cm³/mol. The number of amides is 2. The fraction of sp³-hybridized carbons (Fsp3) is 0.143. The van der Waals surface area contributed by atoms with Gasteiger partial charge in [0, 0.05) is 24.0 Å². The molecule has 0 fully saturated rings. The summed E-state index contributed by atoms with van der Waals surface area (Å²) >= 11 is 0. The molecule has 0 atom stereocenters. The lowest BCUT2D eigenvalue weighted by Gasteiger charge is -2.29. The quantitative estimate of drug-likeness (QED) is 0.534. The van der Waals surface area contributed by atoms with E-state index in [1.54, 1.807) is 41.3 Å². The lowest BCUT2D eigenvalue weighted by Crippen LogP contribution is -2.35. The summed E-state index contributed by atoms with van der Waals surface area (Å²) in [6.45, 7) is 0.578. The van der Waals surface area contributed by atoms with E-state index in [9.17, 15) is 19.7 Å². The molecule has 0 spiro atoms. The predicted octanol–water partition coefficient (Wildman–Crippen LogP) is 4.03. The lowest BCUT2D eigenvalue weighted by atomic mass is 10.0. The number of anilines is 2. The van der Waals surface area contributed by atoms with Crippen LogP contribution in [0.5, 0.6) is 0 Å². The standard InChI is InChI=1S/C21H17N3O5/c25-20(16-6-1-2-7-18(16)24(27)28)22-15-9-10-17-14(13-15)5-3-11-23(17)21(26)19-8-4-12-29-19/h1-2,4,6-10,12-13H,3,5,11H2,(H,22,25). The highest BCUT2D eigenvalue weighted by molar-refractivity contribution is 6.08. The molecule has 8 nitrogen and oxygen atoms in total. The monoisotopic (exact) mass is 391 g/mol. The van der Waals surface area contributed by atoms with Crippen LogP contribution in [0.3, 0.4) is 0 Å². The van der Waals surface area contributed by atoms with Crippen LogP contribution in [-0.2, 0) is 6.42 Å². The minimum atomic E-state index is -0.583. The van der Waals surface area contributed by atoms with Gasteiger partial charge in [0.05, 0.1) is 11.2 Å². The Morgan fingerprint density at radius 2 is 1.93 bits per heavy atom. The minimum absolute atomic E-state index is 0.00940. The number of furan rings is 1. The topological polar surface area (TPSA) is 106 Å². The van der Waals surface area contributed by atoms with Crippen molar-refractivity contribution in [1.82, 2.24) is 0 Å². The molecular weight excluding hydrogens is 374 g/mol. The first kappa shape index (κ1) is 18.4. The number of aryl methyl sites for hydroxylation is 1. The Morgan fingerprint density at radius 1 is 1.10 bits per heavy atom. The molecule has 8 heteroatoms. The highest BCUT2D eigenvalue weighted by Gasteiger charge is 2.26. The molecule has 1 N–H and O–H groups in total. The number of benzene rings is 2. The maximum absolute atomic E-state index is 12.7. The number of fused-ring (bicyclic) bond motifs is 1. The molecule has 2 amide bonds. The van der Waals surface area contributed by atoms with Gasteiger partial charge >= 0.3 is 0 Å². The largest absolute Gasteiger partial charge is 0.459 e. The van der Waals surface area contributed by atoms with E-state index in [2.05, 4.69) is 5.32 Å². The van der Waals surface area contributed by atoms with Gasteiger partial charge in [0.15, 0.2) is 5.76 Å². The van der Waals surface area contributed by atoms with Gasteiger partial charge in [-0.05, 0) is 54.8 Å². The van der Waals surface area contributed by atoms with E-state index >= 15 is 0 Å². The van der Waals surface area contributed by atoms with Crippen molar-refractivity contribution in [1.29, 1.82) is 0 Å². The Morgan fingerprint density at radius 3 is 2.69 bits per heavy atom. The molecule has 1 aliphatic rings. The van der Waals surface area contributed by atoms with Crippen molar-refractivity contribution in [3.8, 4) is 0 Å². The van der Waals surface area contributed by atoms with Crippen molar-refractivity contribution in [3.63, 3.8) is 0 Å². The Hall–Kier alpha value is -3.94. The molecule has 0 bridgehead atoms. The van der Waals surface area contributed by atoms with Gasteiger partial charge in [-0.2, -0.15) is 0 Å². The van der Waals surface area contributed by atoms with Crippen molar-refractivity contribution in [2.45, 2.75) is 12.8 Å². The first-order chi connectivity index (χ1) is 14.0. The number of rotatable bonds is 4. The summed E-state index contributed by atoms with van der Waals surface area (Å²) in [6.07, 6.45) is 2.99. The van der Waals surface area contributed by atoms with Crippen molar-refractivity contribution in [2.75, 3.05) is 16.8 Å². The summed E-state index contributed by atoms with van der Waals surface area (Å²) in [6, 6.07) is 14.3. The van der Waals surface area contributed by atoms with Crippen LogP contribution < -0.4 is 10.2 Å². The molecule has 0 radical (unpaired) electrons. The molecule has 1 aromatic heterocycles. The summed E-state index contributed by atoms with van der Waals surface area (Å²) in [5.41, 5.74) is 1.93. The van der Waals surface area contributed by atoms with Crippen LogP contribution in [-0.4, -0.2) is 23.3 Å². The fourth-order valence-corrected chi connectivity index (χ4v) is 3.44. The van der Waals surface area contributed by atoms with Crippen molar-refractivity contribution in [3.05, 3.63) is 87.9 Å². The molecule has 0 aliphatic carbocycles. The minimum Gasteiger partial charge on any atom is -0.459 e. The van der Waals surface area contributed by atoms with Crippen LogP contribution in [0, 0.1) is 10.1 Å². The second kappa shape index (κ2) is 7.59. The highest BCUT2D eigenvalue weighted by atomic mass is 16.6. The van der Waals surface area contributed by atoms with Gasteiger partial charge in [0.1, 0.15) is 5.56 Å². The maximum atomic E-state index is 12.7. The van der Waals surface area contributed by atoms with Gasteiger partial charge in [-0.15, -0.1) is 0 Å². The zero-order valence-corrected chi connectivity index (χ0v) is 15.3. The van der Waals surface area contributed by atoms with E-state index < -0.39 is 10.8 Å². The number of para-hydroxylation sites is 1. The summed E-state index contributed by atoms with van der Waals surface area (Å²) in [5.74, 6) is -0.504. The number of nitrogens with one attached hydrogen (secondary N) is 1. The molecule has 146 valence electrons. The first-order valence-corrected chi connectivity index (χ1v) is 9.07. The van der Waals surface area contributed by atoms with Crippen molar-refractivity contribution in [2.24, 2.45) is 0 Å². The molecule has 0 saturated heterocycles. The van der Waals surface area contributed by atoms with Crippen molar-refractivity contribution < 1.29 is 18.9 Å². The zero-order chi connectivity index (χ0) is 20.4. The van der Waals surface area contributed by atoms with E-state index in [1.165, 1.54) is 24.5 Å². The Bertz CT molecular complexity index is 1090. The van der Waals surface area contributed by atoms with Gasteiger partial charge < -0.3 is 14.6 Å². The van der Waals surface area contributed by atoms with Crippen LogP contribution in [0.1, 0.15) is 32.9 Å².